The molecule has 10 heteroatoms. The molecule has 1 heterocycles. The van der Waals surface area contributed by atoms with Crippen molar-refractivity contribution in [2.45, 2.75) is 13.8 Å². The molecule has 0 aliphatic heterocycles. The molecule has 1 aromatic heterocycles. The molecule has 0 aliphatic carbocycles. The summed E-state index contributed by atoms with van der Waals surface area (Å²) in [5.74, 6) is 0.681. The molecule has 0 bridgehead atoms. The van der Waals surface area contributed by atoms with Gasteiger partial charge in [0.25, 0.3) is 0 Å². The summed E-state index contributed by atoms with van der Waals surface area (Å²) in [4.78, 5) is 14.1. The van der Waals surface area contributed by atoms with Gasteiger partial charge in [0.15, 0.2) is 5.82 Å². The van der Waals surface area contributed by atoms with Gasteiger partial charge < -0.3 is 5.32 Å². The molecule has 0 unspecified atom stereocenters. The number of amides is 1. The highest BCUT2D eigenvalue weighted by Gasteiger charge is 1.83. The zero-order chi connectivity index (χ0) is 13.7. The van der Waals surface area contributed by atoms with Crippen LogP contribution in [0.5, 0.6) is 0 Å². The van der Waals surface area contributed by atoms with Crippen LogP contribution in [0.3, 0.4) is 0 Å². The molecule has 0 aliphatic rings. The van der Waals surface area contributed by atoms with Gasteiger partial charge in [-0.25, -0.2) is 4.28 Å². The van der Waals surface area contributed by atoms with E-state index in [1.54, 1.807) is 21.0 Å². The lowest BCUT2D eigenvalue weighted by Gasteiger charge is -2.05. The van der Waals surface area contributed by atoms with Crippen LogP contribution in [0.15, 0.2) is 0 Å². The lowest BCUT2D eigenvalue weighted by atomic mass is 10.7. The molecular weight excluding hydrogens is 248 g/mol. The summed E-state index contributed by atoms with van der Waals surface area (Å²) in [5, 5.41) is 16.2. The molecule has 0 aromatic carbocycles. The second-order valence-electron chi connectivity index (χ2n) is 2.47. The lowest BCUT2D eigenvalue weighted by molar-refractivity contribution is -0.274. The Bertz CT molecular complexity index is 267. The minimum Gasteiger partial charge on any atom is -0.359 e. The highest BCUT2D eigenvalue weighted by atomic mass is 32.1. The average molecular weight is 266 g/mol. The number of carbonyl (C=O) groups excluding carboxylic acids is 1. The second-order valence-corrected chi connectivity index (χ2v) is 2.63. The van der Waals surface area contributed by atoms with Gasteiger partial charge in [0.2, 0.25) is 5.91 Å². The number of aromatic nitrogens is 4. The van der Waals surface area contributed by atoms with Gasteiger partial charge in [0, 0.05) is 33.9 Å². The van der Waals surface area contributed by atoms with Crippen LogP contribution >= 0.6 is 12.9 Å². The molecule has 1 aromatic rings. The Kier molecular flexibility index (Phi) is 13.7. The maximum absolute atomic E-state index is 9.70. The van der Waals surface area contributed by atoms with Gasteiger partial charge in [-0.05, 0) is 6.92 Å². The molecule has 0 radical (unpaired) electrons. The number of tetrazole rings is 1. The molecule has 0 saturated heterocycles. The van der Waals surface area contributed by atoms with Crippen molar-refractivity contribution in [2.24, 2.45) is 0 Å². The summed E-state index contributed by atoms with van der Waals surface area (Å²) < 4.78 is 4.20. The quantitative estimate of drug-likeness (QED) is 0.377. The van der Waals surface area contributed by atoms with Crippen molar-refractivity contribution in [1.82, 2.24) is 31.2 Å². The zero-order valence-electron chi connectivity index (χ0n) is 10.5. The molecular formula is C7H18N6O3S. The number of carbonyl (C=O) groups is 1. The van der Waals surface area contributed by atoms with Crippen LogP contribution < -0.4 is 5.32 Å². The summed E-state index contributed by atoms with van der Waals surface area (Å²) in [6.07, 6.45) is 0. The van der Waals surface area contributed by atoms with E-state index in [-0.39, 0.29) is 5.91 Å². The third-order valence-corrected chi connectivity index (χ3v) is 1.41. The van der Waals surface area contributed by atoms with E-state index < -0.39 is 0 Å². The number of hydrogen-bond acceptors (Lipinski definition) is 8. The van der Waals surface area contributed by atoms with Crippen molar-refractivity contribution in [1.29, 1.82) is 0 Å². The predicted molar refractivity (Wildman–Crippen MR) is 63.5 cm³/mol. The molecule has 0 saturated carbocycles. The first-order valence-corrected chi connectivity index (χ1v) is 4.82. The Morgan fingerprint density at radius 3 is 2.18 bits per heavy atom. The first-order chi connectivity index (χ1) is 7.97. The number of aryl methyl sites for hydroxylation is 1. The highest BCUT2D eigenvalue weighted by molar-refractivity contribution is 7.75. The Hall–Kier alpha value is -1.23. The Labute approximate surface area is 105 Å². The van der Waals surface area contributed by atoms with Crippen LogP contribution in [0.2, 0.25) is 0 Å². The molecule has 0 atom stereocenters. The van der Waals surface area contributed by atoms with E-state index in [0.29, 0.717) is 5.82 Å². The monoisotopic (exact) mass is 266 g/mol. The molecule has 100 valence electrons. The smallest absolute Gasteiger partial charge is 0.216 e. The number of H-pyrrole nitrogens is 1. The fourth-order valence-corrected chi connectivity index (χ4v) is 0.312. The minimum absolute atomic E-state index is 0.00463. The van der Waals surface area contributed by atoms with Gasteiger partial charge in [-0.15, -0.1) is 10.2 Å². The molecule has 17 heavy (non-hydrogen) atoms. The first-order valence-electron chi connectivity index (χ1n) is 4.45. The van der Waals surface area contributed by atoms with Gasteiger partial charge in [-0.2, -0.15) is 5.21 Å². The maximum Gasteiger partial charge on any atom is 0.216 e. The van der Waals surface area contributed by atoms with Crippen molar-refractivity contribution in [3.05, 3.63) is 5.82 Å². The molecule has 1 rings (SSSR count). The summed E-state index contributed by atoms with van der Waals surface area (Å²) in [6, 6.07) is 0. The average Bonchev–Trinajstić information content (AvgIpc) is 2.80. The number of hydrogen-bond donors (Lipinski definition) is 3. The second kappa shape index (κ2) is 12.8. The van der Waals surface area contributed by atoms with Gasteiger partial charge >= 0.3 is 0 Å². The molecule has 1 amide bonds. The third-order valence-electron chi connectivity index (χ3n) is 1.18. The largest absolute Gasteiger partial charge is 0.359 e. The summed E-state index contributed by atoms with van der Waals surface area (Å²) in [5.41, 5.74) is 0. The van der Waals surface area contributed by atoms with Gasteiger partial charge in [-0.1, -0.05) is 10.4 Å². The number of nitrogens with zero attached hydrogens (tertiary/aromatic N) is 4. The van der Waals surface area contributed by atoms with E-state index >= 15 is 0 Å². The lowest BCUT2D eigenvalue weighted by Crippen LogP contribution is -2.11. The van der Waals surface area contributed by atoms with E-state index in [9.17, 15) is 4.79 Å². The number of rotatable bonds is 2. The normalized spacial score (nSPS) is 8.65. The van der Waals surface area contributed by atoms with Crippen molar-refractivity contribution in [3.63, 3.8) is 0 Å². The van der Waals surface area contributed by atoms with Crippen LogP contribution in [0, 0.1) is 6.92 Å². The SMILES string of the molecule is CNC(C)=O.CON(C)OS.Cc1nn[nH]n1. The van der Waals surface area contributed by atoms with Crippen LogP contribution in [0.25, 0.3) is 0 Å². The number of thiol groups is 1. The zero-order valence-corrected chi connectivity index (χ0v) is 11.4. The Balaban J connectivity index is 0. The first kappa shape index (κ1) is 18.1. The standard InChI is InChI=1S/C3H7NO.C2H4N4.C2H7NO2S/c1-3(5)4-2;1-2-3-5-6-4-2;1-3(4-2)5-6/h1-2H3,(H,4,5);1H3,(H,3,4,5,6);6H,1-2H3. The van der Waals surface area contributed by atoms with Crippen LogP contribution in [0.1, 0.15) is 12.7 Å². The van der Waals surface area contributed by atoms with Crippen LogP contribution in [-0.4, -0.2) is 53.0 Å². The van der Waals surface area contributed by atoms with Crippen molar-refractivity contribution >= 4 is 18.8 Å². The summed E-state index contributed by atoms with van der Waals surface area (Å²) >= 11 is 3.40. The fourth-order valence-electron chi connectivity index (χ4n) is 0.245. The van der Waals surface area contributed by atoms with E-state index in [1.165, 1.54) is 14.0 Å². The van der Waals surface area contributed by atoms with Gasteiger partial charge in [0.05, 0.1) is 7.11 Å². The predicted octanol–water partition coefficient (Wildman–Crippen LogP) is -0.484. The topological polar surface area (TPSA) is 105 Å². The maximum atomic E-state index is 9.70. The Morgan fingerprint density at radius 2 is 2.12 bits per heavy atom. The van der Waals surface area contributed by atoms with E-state index in [4.69, 9.17) is 0 Å². The van der Waals surface area contributed by atoms with Crippen molar-refractivity contribution in [3.8, 4) is 0 Å². The number of aromatic amines is 1. The summed E-state index contributed by atoms with van der Waals surface area (Å²) in [6.45, 7) is 3.24. The van der Waals surface area contributed by atoms with E-state index in [2.05, 4.69) is 48.0 Å². The molecule has 0 spiro atoms. The minimum atomic E-state index is 0.00463. The Morgan fingerprint density at radius 1 is 1.59 bits per heavy atom. The van der Waals surface area contributed by atoms with Crippen LogP contribution in [-0.2, 0) is 13.9 Å². The van der Waals surface area contributed by atoms with Crippen molar-refractivity contribution in [2.75, 3.05) is 21.2 Å². The van der Waals surface area contributed by atoms with Crippen LogP contribution in [0.4, 0.5) is 0 Å². The van der Waals surface area contributed by atoms with E-state index in [1.807, 2.05) is 0 Å². The highest BCUT2D eigenvalue weighted by Crippen LogP contribution is 1.83. The van der Waals surface area contributed by atoms with E-state index in [0.717, 1.165) is 5.23 Å². The van der Waals surface area contributed by atoms with Gasteiger partial charge in [0.1, 0.15) is 0 Å². The summed E-state index contributed by atoms with van der Waals surface area (Å²) in [7, 11) is 4.67. The fraction of sp³-hybridized carbons (Fsp3) is 0.714. The van der Waals surface area contributed by atoms with Gasteiger partial charge in [-0.3, -0.25) is 9.63 Å². The molecule has 0 fully saturated rings. The molecule has 9 nitrogen and oxygen atoms in total. The number of hydroxylamine groups is 2. The molecule has 2 N–H and O–H groups in total. The van der Waals surface area contributed by atoms with Crippen molar-refractivity contribution < 1.29 is 13.9 Å². The number of nitrogens with one attached hydrogen (secondary N) is 2. The third kappa shape index (κ3) is 17.4.